The summed E-state index contributed by atoms with van der Waals surface area (Å²) in [5.41, 5.74) is 2.96. The number of aryl methyl sites for hydroxylation is 1. The lowest BCUT2D eigenvalue weighted by molar-refractivity contribution is -0.136. The third-order valence-corrected chi connectivity index (χ3v) is 3.94. The molecule has 2 aromatic heterocycles. The van der Waals surface area contributed by atoms with Crippen LogP contribution in [0.25, 0.3) is 16.0 Å². The summed E-state index contributed by atoms with van der Waals surface area (Å²) in [6.07, 6.45) is 0.0637. The van der Waals surface area contributed by atoms with Gasteiger partial charge in [-0.15, -0.1) is 11.3 Å². The van der Waals surface area contributed by atoms with Crippen LogP contribution in [0.2, 0.25) is 0 Å². The quantitative estimate of drug-likeness (QED) is 0.755. The largest absolute Gasteiger partial charge is 0.481 e. The topological polar surface area (TPSA) is 54.6 Å². The van der Waals surface area contributed by atoms with Crippen LogP contribution in [0.15, 0.2) is 24.3 Å². The van der Waals surface area contributed by atoms with Crippen molar-refractivity contribution in [2.45, 2.75) is 13.3 Å². The maximum absolute atomic E-state index is 10.8. The van der Waals surface area contributed by atoms with Crippen LogP contribution >= 0.6 is 11.3 Å². The van der Waals surface area contributed by atoms with Crippen LogP contribution in [0.3, 0.4) is 0 Å². The van der Waals surface area contributed by atoms with Gasteiger partial charge in [0.2, 0.25) is 0 Å². The highest BCUT2D eigenvalue weighted by Gasteiger charge is 2.14. The molecule has 3 rings (SSSR count). The van der Waals surface area contributed by atoms with Gasteiger partial charge >= 0.3 is 5.97 Å². The van der Waals surface area contributed by atoms with Crippen molar-refractivity contribution in [3.05, 3.63) is 34.8 Å². The molecule has 0 amide bonds. The van der Waals surface area contributed by atoms with E-state index >= 15 is 0 Å². The zero-order chi connectivity index (χ0) is 12.0. The first-order valence-electron chi connectivity index (χ1n) is 5.24. The second kappa shape index (κ2) is 3.56. The number of thiazole rings is 1. The summed E-state index contributed by atoms with van der Waals surface area (Å²) in [6, 6.07) is 7.88. The first kappa shape index (κ1) is 10.3. The number of hydrogen-bond acceptors (Lipinski definition) is 3. The predicted octanol–water partition coefficient (Wildman–Crippen LogP) is 2.48. The minimum Gasteiger partial charge on any atom is -0.481 e. The molecule has 0 saturated carbocycles. The van der Waals surface area contributed by atoms with Crippen molar-refractivity contribution in [3.8, 4) is 0 Å². The number of imidazole rings is 1. The fourth-order valence-corrected chi connectivity index (χ4v) is 3.13. The van der Waals surface area contributed by atoms with Crippen LogP contribution in [0.5, 0.6) is 0 Å². The summed E-state index contributed by atoms with van der Waals surface area (Å²) >= 11 is 1.45. The SMILES string of the molecule is Cc1c(CC(=O)O)sc2nc3ccccc3n12. The number of hydrogen-bond donors (Lipinski definition) is 1. The molecule has 2 heterocycles. The van der Waals surface area contributed by atoms with Crippen LogP contribution in [0.4, 0.5) is 0 Å². The summed E-state index contributed by atoms with van der Waals surface area (Å²) in [5.74, 6) is -0.804. The minimum atomic E-state index is -0.804. The Hall–Kier alpha value is -1.88. The van der Waals surface area contributed by atoms with E-state index in [1.54, 1.807) is 0 Å². The number of aromatic nitrogens is 2. The van der Waals surface area contributed by atoms with Gasteiger partial charge in [0.1, 0.15) is 0 Å². The Balaban J connectivity index is 2.31. The molecule has 0 radical (unpaired) electrons. The molecule has 1 N–H and O–H groups in total. The first-order valence-corrected chi connectivity index (χ1v) is 6.05. The van der Waals surface area contributed by atoms with Crippen LogP contribution in [0, 0.1) is 6.92 Å². The number of benzene rings is 1. The Morgan fingerprint density at radius 2 is 2.24 bits per heavy atom. The molecule has 0 atom stereocenters. The third-order valence-electron chi connectivity index (χ3n) is 2.80. The first-order chi connectivity index (χ1) is 8.16. The number of carboxylic acid groups (broad SMARTS) is 1. The van der Waals surface area contributed by atoms with E-state index in [0.29, 0.717) is 0 Å². The lowest BCUT2D eigenvalue weighted by atomic mass is 10.3. The summed E-state index contributed by atoms with van der Waals surface area (Å²) in [4.78, 5) is 17.0. The average molecular weight is 246 g/mol. The summed E-state index contributed by atoms with van der Waals surface area (Å²) < 4.78 is 2.03. The van der Waals surface area contributed by atoms with Crippen LogP contribution in [-0.2, 0) is 11.2 Å². The van der Waals surface area contributed by atoms with Gasteiger partial charge in [-0.05, 0) is 19.1 Å². The van der Waals surface area contributed by atoms with Crippen LogP contribution < -0.4 is 0 Å². The Morgan fingerprint density at radius 1 is 1.47 bits per heavy atom. The lowest BCUT2D eigenvalue weighted by Gasteiger charge is -1.96. The lowest BCUT2D eigenvalue weighted by Crippen LogP contribution is -2.00. The molecule has 1 aromatic carbocycles. The van der Waals surface area contributed by atoms with Gasteiger partial charge in [-0.1, -0.05) is 12.1 Å². The number of rotatable bonds is 2. The van der Waals surface area contributed by atoms with Gasteiger partial charge in [-0.2, -0.15) is 0 Å². The van der Waals surface area contributed by atoms with E-state index in [0.717, 1.165) is 26.6 Å². The number of carboxylic acids is 1. The van der Waals surface area contributed by atoms with E-state index in [2.05, 4.69) is 4.98 Å². The highest BCUT2D eigenvalue weighted by molar-refractivity contribution is 7.17. The maximum Gasteiger partial charge on any atom is 0.308 e. The molecule has 0 aliphatic rings. The van der Waals surface area contributed by atoms with E-state index < -0.39 is 5.97 Å². The van der Waals surface area contributed by atoms with E-state index in [-0.39, 0.29) is 6.42 Å². The van der Waals surface area contributed by atoms with Crippen molar-refractivity contribution < 1.29 is 9.90 Å². The molecule has 5 heteroatoms. The van der Waals surface area contributed by atoms with Gasteiger partial charge in [0.15, 0.2) is 4.96 Å². The summed E-state index contributed by atoms with van der Waals surface area (Å²) in [7, 11) is 0. The van der Waals surface area contributed by atoms with Crippen molar-refractivity contribution >= 4 is 33.3 Å². The predicted molar refractivity (Wildman–Crippen MR) is 66.7 cm³/mol. The molecule has 0 bridgehead atoms. The number of nitrogens with zero attached hydrogens (tertiary/aromatic N) is 2. The van der Waals surface area contributed by atoms with Gasteiger partial charge < -0.3 is 5.11 Å². The Labute approximate surface area is 101 Å². The molecule has 0 aliphatic heterocycles. The van der Waals surface area contributed by atoms with Gasteiger partial charge in [0, 0.05) is 10.6 Å². The molecule has 0 fully saturated rings. The summed E-state index contributed by atoms with van der Waals surface area (Å²) in [5, 5.41) is 8.84. The fourth-order valence-electron chi connectivity index (χ4n) is 2.01. The maximum atomic E-state index is 10.8. The Bertz CT molecular complexity index is 727. The van der Waals surface area contributed by atoms with Crippen LogP contribution in [-0.4, -0.2) is 20.5 Å². The number of carbonyl (C=O) groups is 1. The van der Waals surface area contributed by atoms with Crippen molar-refractivity contribution in [1.29, 1.82) is 0 Å². The highest BCUT2D eigenvalue weighted by Crippen LogP contribution is 2.27. The molecule has 0 saturated heterocycles. The fraction of sp³-hybridized carbons (Fsp3) is 0.167. The molecule has 3 aromatic rings. The summed E-state index contributed by atoms with van der Waals surface area (Å²) in [6.45, 7) is 1.94. The molecular weight excluding hydrogens is 236 g/mol. The normalized spacial score (nSPS) is 11.4. The molecule has 4 nitrogen and oxygen atoms in total. The monoisotopic (exact) mass is 246 g/mol. The standard InChI is InChI=1S/C12H10N2O2S/c1-7-10(6-11(15)16)17-12-13-8-4-2-3-5-9(8)14(7)12/h2-5H,6H2,1H3,(H,15,16). The zero-order valence-electron chi connectivity index (χ0n) is 9.17. The second-order valence-corrected chi connectivity index (χ2v) is 4.96. The van der Waals surface area contributed by atoms with E-state index in [9.17, 15) is 4.79 Å². The minimum absolute atomic E-state index is 0.0637. The number of aliphatic carboxylic acids is 1. The van der Waals surface area contributed by atoms with Crippen LogP contribution in [0.1, 0.15) is 10.6 Å². The third kappa shape index (κ3) is 1.51. The average Bonchev–Trinajstić information content (AvgIpc) is 2.76. The molecule has 86 valence electrons. The van der Waals surface area contributed by atoms with E-state index in [1.165, 1.54) is 11.3 Å². The zero-order valence-corrected chi connectivity index (χ0v) is 9.99. The highest BCUT2D eigenvalue weighted by atomic mass is 32.1. The Morgan fingerprint density at radius 3 is 3.00 bits per heavy atom. The van der Waals surface area contributed by atoms with Crippen molar-refractivity contribution in [1.82, 2.24) is 9.38 Å². The number of para-hydroxylation sites is 2. The van der Waals surface area contributed by atoms with Crippen molar-refractivity contribution in [2.75, 3.05) is 0 Å². The van der Waals surface area contributed by atoms with Gasteiger partial charge in [-0.25, -0.2) is 4.98 Å². The van der Waals surface area contributed by atoms with Gasteiger partial charge in [0.05, 0.1) is 17.5 Å². The van der Waals surface area contributed by atoms with Crippen molar-refractivity contribution in [2.24, 2.45) is 0 Å². The molecule has 17 heavy (non-hydrogen) atoms. The molecule has 0 unspecified atom stereocenters. The molecule has 0 spiro atoms. The van der Waals surface area contributed by atoms with Gasteiger partial charge in [-0.3, -0.25) is 9.20 Å². The van der Waals surface area contributed by atoms with E-state index in [1.807, 2.05) is 35.6 Å². The van der Waals surface area contributed by atoms with Gasteiger partial charge in [0.25, 0.3) is 0 Å². The number of fused-ring (bicyclic) bond motifs is 3. The van der Waals surface area contributed by atoms with E-state index in [4.69, 9.17) is 5.11 Å². The second-order valence-electron chi connectivity index (χ2n) is 3.90. The smallest absolute Gasteiger partial charge is 0.308 e. The van der Waals surface area contributed by atoms with Crippen molar-refractivity contribution in [3.63, 3.8) is 0 Å². The molecular formula is C12H10N2O2S. The Kier molecular flexibility index (Phi) is 2.16. The molecule has 0 aliphatic carbocycles.